The van der Waals surface area contributed by atoms with Crippen molar-refractivity contribution in [3.05, 3.63) is 212 Å². The van der Waals surface area contributed by atoms with E-state index >= 15 is 0 Å². The summed E-state index contributed by atoms with van der Waals surface area (Å²) >= 11 is 1.86. The van der Waals surface area contributed by atoms with Crippen LogP contribution in [0, 0.1) is 0 Å². The molecular formula is C52H35NS. The van der Waals surface area contributed by atoms with Crippen LogP contribution in [0.3, 0.4) is 0 Å². The molecule has 0 saturated carbocycles. The summed E-state index contributed by atoms with van der Waals surface area (Å²) in [5, 5.41) is 5.15. The zero-order valence-electron chi connectivity index (χ0n) is 29.6. The average molecular weight is 706 g/mol. The van der Waals surface area contributed by atoms with Crippen LogP contribution in [-0.2, 0) is 0 Å². The molecule has 1 heterocycles. The topological polar surface area (TPSA) is 3.24 Å². The number of nitrogens with zero attached hydrogens (tertiary/aromatic N) is 1. The van der Waals surface area contributed by atoms with Crippen molar-refractivity contribution in [2.45, 2.75) is 0 Å². The lowest BCUT2D eigenvalue weighted by Crippen LogP contribution is -2.10. The van der Waals surface area contributed by atoms with Gasteiger partial charge in [0.25, 0.3) is 0 Å². The van der Waals surface area contributed by atoms with Gasteiger partial charge in [0.1, 0.15) is 0 Å². The summed E-state index contributed by atoms with van der Waals surface area (Å²) in [6.45, 7) is 0. The van der Waals surface area contributed by atoms with Gasteiger partial charge in [-0.1, -0.05) is 152 Å². The molecule has 1 aromatic heterocycles. The fraction of sp³-hybridized carbons (Fsp3) is 0. The monoisotopic (exact) mass is 705 g/mol. The lowest BCUT2D eigenvalue weighted by atomic mass is 9.98. The van der Waals surface area contributed by atoms with E-state index in [1.54, 1.807) is 0 Å². The standard InChI is InChI=1S/C52H35NS/c1-2-11-36(12-3-1)41-15-8-16-42(33-41)43-17-9-18-47(35-43)53(45-29-25-38(26-30-45)44-24-23-37-13-4-5-14-40(37)34-44)46-31-27-39(28-32-46)48-20-10-22-51-52(48)49-19-6-7-21-50(49)54-51/h1-35H. The number of thiophene rings is 1. The second kappa shape index (κ2) is 13.7. The summed E-state index contributed by atoms with van der Waals surface area (Å²) in [6.07, 6.45) is 0. The summed E-state index contributed by atoms with van der Waals surface area (Å²) in [5.41, 5.74) is 13.0. The maximum atomic E-state index is 2.37. The Morgan fingerprint density at radius 1 is 0.296 bits per heavy atom. The predicted molar refractivity (Wildman–Crippen MR) is 233 cm³/mol. The Labute approximate surface area is 319 Å². The number of hydrogen-bond donors (Lipinski definition) is 0. The molecule has 1 nitrogen and oxygen atoms in total. The number of fused-ring (bicyclic) bond motifs is 4. The van der Waals surface area contributed by atoms with E-state index in [1.165, 1.54) is 75.5 Å². The van der Waals surface area contributed by atoms with Gasteiger partial charge >= 0.3 is 0 Å². The van der Waals surface area contributed by atoms with Crippen LogP contribution in [0.4, 0.5) is 17.1 Å². The summed E-state index contributed by atoms with van der Waals surface area (Å²) in [4.78, 5) is 2.37. The van der Waals surface area contributed by atoms with Crippen molar-refractivity contribution in [2.24, 2.45) is 0 Å². The molecule has 0 radical (unpaired) electrons. The highest BCUT2D eigenvalue weighted by atomic mass is 32.1. The largest absolute Gasteiger partial charge is 0.310 e. The molecule has 0 amide bonds. The molecule has 0 unspecified atom stereocenters. The van der Waals surface area contributed by atoms with Gasteiger partial charge < -0.3 is 4.90 Å². The molecule has 0 aliphatic carbocycles. The van der Waals surface area contributed by atoms with Gasteiger partial charge in [0.15, 0.2) is 0 Å². The molecule has 0 spiro atoms. The van der Waals surface area contributed by atoms with Gasteiger partial charge in [-0.25, -0.2) is 0 Å². The Morgan fingerprint density at radius 3 is 1.63 bits per heavy atom. The lowest BCUT2D eigenvalue weighted by molar-refractivity contribution is 1.28. The maximum absolute atomic E-state index is 2.37. The average Bonchev–Trinajstić information content (AvgIpc) is 3.64. The van der Waals surface area contributed by atoms with Crippen LogP contribution in [0.5, 0.6) is 0 Å². The van der Waals surface area contributed by atoms with Gasteiger partial charge in [0, 0.05) is 37.2 Å². The van der Waals surface area contributed by atoms with Crippen molar-refractivity contribution in [1.29, 1.82) is 0 Å². The van der Waals surface area contributed by atoms with Crippen LogP contribution in [0.15, 0.2) is 212 Å². The number of rotatable bonds is 7. The van der Waals surface area contributed by atoms with Crippen LogP contribution >= 0.6 is 11.3 Å². The van der Waals surface area contributed by atoms with E-state index in [-0.39, 0.29) is 0 Å². The Kier molecular flexibility index (Phi) is 8.09. The molecule has 254 valence electrons. The van der Waals surface area contributed by atoms with Crippen LogP contribution in [0.25, 0.3) is 75.5 Å². The highest BCUT2D eigenvalue weighted by Crippen LogP contribution is 2.42. The number of hydrogen-bond acceptors (Lipinski definition) is 2. The van der Waals surface area contributed by atoms with Gasteiger partial charge in [-0.15, -0.1) is 11.3 Å². The summed E-state index contributed by atoms with van der Waals surface area (Å²) in [5.74, 6) is 0. The second-order valence-corrected chi connectivity index (χ2v) is 14.8. The van der Waals surface area contributed by atoms with Crippen LogP contribution < -0.4 is 4.90 Å². The number of benzene rings is 9. The van der Waals surface area contributed by atoms with Crippen molar-refractivity contribution in [3.8, 4) is 44.5 Å². The minimum absolute atomic E-state index is 1.11. The fourth-order valence-corrected chi connectivity index (χ4v) is 8.89. The van der Waals surface area contributed by atoms with E-state index in [9.17, 15) is 0 Å². The first-order valence-corrected chi connectivity index (χ1v) is 19.2. The smallest absolute Gasteiger partial charge is 0.0467 e. The first kappa shape index (κ1) is 32.0. The molecule has 0 bridgehead atoms. The van der Waals surface area contributed by atoms with Gasteiger partial charge in [-0.2, -0.15) is 0 Å². The Balaban J connectivity index is 1.06. The van der Waals surface area contributed by atoms with Crippen molar-refractivity contribution < 1.29 is 0 Å². The third kappa shape index (κ3) is 5.93. The van der Waals surface area contributed by atoms with E-state index in [4.69, 9.17) is 0 Å². The molecule has 0 atom stereocenters. The highest BCUT2D eigenvalue weighted by Gasteiger charge is 2.16. The summed E-state index contributed by atoms with van der Waals surface area (Å²) in [7, 11) is 0. The van der Waals surface area contributed by atoms with Crippen LogP contribution in [-0.4, -0.2) is 0 Å². The minimum atomic E-state index is 1.11. The van der Waals surface area contributed by atoms with Gasteiger partial charge in [0.05, 0.1) is 0 Å². The van der Waals surface area contributed by atoms with Crippen LogP contribution in [0.2, 0.25) is 0 Å². The van der Waals surface area contributed by atoms with Crippen molar-refractivity contribution in [3.63, 3.8) is 0 Å². The first-order chi connectivity index (χ1) is 26.7. The minimum Gasteiger partial charge on any atom is -0.310 e. The molecule has 0 aliphatic rings. The quantitative estimate of drug-likeness (QED) is 0.160. The van der Waals surface area contributed by atoms with Crippen molar-refractivity contribution in [2.75, 3.05) is 4.90 Å². The normalized spacial score (nSPS) is 11.3. The molecule has 9 aromatic carbocycles. The third-order valence-corrected chi connectivity index (χ3v) is 11.6. The molecule has 10 rings (SSSR count). The van der Waals surface area contributed by atoms with E-state index in [1.807, 2.05) is 11.3 Å². The van der Waals surface area contributed by atoms with E-state index in [0.717, 1.165) is 17.1 Å². The van der Waals surface area contributed by atoms with Gasteiger partial charge in [-0.3, -0.25) is 0 Å². The third-order valence-electron chi connectivity index (χ3n) is 10.5. The van der Waals surface area contributed by atoms with Crippen LogP contribution in [0.1, 0.15) is 0 Å². The summed E-state index contributed by atoms with van der Waals surface area (Å²) < 4.78 is 2.64. The lowest BCUT2D eigenvalue weighted by Gasteiger charge is -2.26. The van der Waals surface area contributed by atoms with E-state index in [2.05, 4.69) is 217 Å². The molecule has 0 saturated heterocycles. The zero-order chi connectivity index (χ0) is 35.8. The second-order valence-electron chi connectivity index (χ2n) is 13.8. The van der Waals surface area contributed by atoms with Crippen molar-refractivity contribution in [1.82, 2.24) is 0 Å². The maximum Gasteiger partial charge on any atom is 0.0467 e. The molecule has 10 aromatic rings. The van der Waals surface area contributed by atoms with Crippen molar-refractivity contribution >= 4 is 59.3 Å². The molecule has 0 aliphatic heterocycles. The fourth-order valence-electron chi connectivity index (χ4n) is 7.76. The highest BCUT2D eigenvalue weighted by molar-refractivity contribution is 7.25. The van der Waals surface area contributed by atoms with Gasteiger partial charge in [-0.05, 0) is 116 Å². The van der Waals surface area contributed by atoms with E-state index in [0.29, 0.717) is 0 Å². The number of anilines is 3. The summed E-state index contributed by atoms with van der Waals surface area (Å²) in [6, 6.07) is 77.1. The molecule has 54 heavy (non-hydrogen) atoms. The molecule has 0 fully saturated rings. The Morgan fingerprint density at radius 2 is 0.833 bits per heavy atom. The molecule has 2 heteroatoms. The Bertz CT molecular complexity index is 2920. The first-order valence-electron chi connectivity index (χ1n) is 18.4. The SMILES string of the molecule is c1ccc(-c2cccc(-c3cccc(N(c4ccc(-c5ccc6ccccc6c5)cc4)c4ccc(-c5cccc6sc7ccccc7c56)cc4)c3)c2)cc1. The molecular weight excluding hydrogens is 671 g/mol. The van der Waals surface area contributed by atoms with Gasteiger partial charge in [0.2, 0.25) is 0 Å². The zero-order valence-corrected chi connectivity index (χ0v) is 30.4. The Hall–Kier alpha value is -6.74. The van der Waals surface area contributed by atoms with E-state index < -0.39 is 0 Å². The molecule has 0 N–H and O–H groups in total. The predicted octanol–water partition coefficient (Wildman–Crippen LogP) is 15.3.